The molecule has 1 aliphatic heterocycles. The third-order valence-electron chi connectivity index (χ3n) is 3.51. The third kappa shape index (κ3) is 3.22. The van der Waals surface area contributed by atoms with Crippen molar-refractivity contribution in [2.45, 2.75) is 11.3 Å². The van der Waals surface area contributed by atoms with E-state index in [4.69, 9.17) is 11.8 Å². The van der Waals surface area contributed by atoms with Crippen molar-refractivity contribution in [1.82, 2.24) is 13.2 Å². The summed E-state index contributed by atoms with van der Waals surface area (Å²) in [5.74, 6) is 0. The van der Waals surface area contributed by atoms with Crippen LogP contribution in [0.25, 0.3) is 16.8 Å². The van der Waals surface area contributed by atoms with E-state index in [0.717, 1.165) is 47.2 Å². The maximum absolute atomic E-state index is 11.5. The lowest BCUT2D eigenvalue weighted by molar-refractivity contribution is 0.499. The third-order valence-corrected chi connectivity index (χ3v) is 5.47. The molecule has 0 unspecified atom stereocenters. The summed E-state index contributed by atoms with van der Waals surface area (Å²) >= 11 is 7.12. The summed E-state index contributed by atoms with van der Waals surface area (Å²) in [4.78, 5) is 0.302. The van der Waals surface area contributed by atoms with Crippen LogP contribution in [0.3, 0.4) is 0 Å². The van der Waals surface area contributed by atoms with Gasteiger partial charge in [-0.15, -0.1) is 0 Å². The number of halogens is 1. The number of nitrogens with zero attached hydrogens (tertiary/aromatic N) is 3. The van der Waals surface area contributed by atoms with E-state index in [-0.39, 0.29) is 0 Å². The number of rotatable bonds is 3. The molecule has 22 heavy (non-hydrogen) atoms. The molecule has 1 aromatic heterocycles. The lowest BCUT2D eigenvalue weighted by Crippen LogP contribution is -2.18. The second-order valence-electron chi connectivity index (χ2n) is 5.11. The highest BCUT2D eigenvalue weighted by molar-refractivity contribution is 7.90. The first-order valence-electron chi connectivity index (χ1n) is 6.68. The van der Waals surface area contributed by atoms with E-state index in [0.29, 0.717) is 11.4 Å². The van der Waals surface area contributed by atoms with Crippen molar-refractivity contribution in [3.63, 3.8) is 0 Å². The molecule has 2 heterocycles. The number of aromatic nitrogens is 2. The number of hydrogen-bond donors (Lipinski definition) is 0. The van der Waals surface area contributed by atoms with Crippen molar-refractivity contribution in [1.29, 1.82) is 0 Å². The first kappa shape index (κ1) is 15.6. The molecule has 8 heteroatoms. The van der Waals surface area contributed by atoms with E-state index < -0.39 is 9.84 Å². The summed E-state index contributed by atoms with van der Waals surface area (Å²) in [6.45, 7) is 1.46. The minimum absolute atomic E-state index is 0.302. The van der Waals surface area contributed by atoms with Gasteiger partial charge in [0.15, 0.2) is 9.84 Å². The Morgan fingerprint density at radius 3 is 2.45 bits per heavy atom. The summed E-state index contributed by atoms with van der Waals surface area (Å²) in [5.41, 5.74) is 3.65. The molecular weight excluding hydrogens is 342 g/mol. The highest BCUT2D eigenvalue weighted by Crippen LogP contribution is 2.31. The van der Waals surface area contributed by atoms with Crippen LogP contribution in [0, 0.1) is 0 Å². The number of hydrogen-bond acceptors (Lipinski definition) is 6. The zero-order chi connectivity index (χ0) is 15.7. The second-order valence-corrected chi connectivity index (χ2v) is 8.13. The van der Waals surface area contributed by atoms with Crippen molar-refractivity contribution in [2.75, 3.05) is 19.3 Å². The van der Waals surface area contributed by atoms with Gasteiger partial charge >= 0.3 is 0 Å². The molecule has 0 saturated heterocycles. The van der Waals surface area contributed by atoms with Crippen molar-refractivity contribution in [3.05, 3.63) is 36.0 Å². The topological polar surface area (TPSA) is 63.2 Å². The van der Waals surface area contributed by atoms with E-state index in [1.807, 2.05) is 0 Å². The molecule has 1 aliphatic rings. The molecule has 0 saturated carbocycles. The number of sulfone groups is 1. The maximum Gasteiger partial charge on any atom is 0.175 e. The summed E-state index contributed by atoms with van der Waals surface area (Å²) < 4.78 is 33.5. The Kier molecular flexibility index (Phi) is 4.31. The fourth-order valence-electron chi connectivity index (χ4n) is 2.31. The molecular formula is C14H14ClN3O2S2. The van der Waals surface area contributed by atoms with Crippen molar-refractivity contribution in [3.8, 4) is 11.3 Å². The second kappa shape index (κ2) is 6.08. The van der Waals surface area contributed by atoms with Gasteiger partial charge in [0.05, 0.1) is 16.6 Å². The molecule has 0 atom stereocenters. The Morgan fingerprint density at radius 2 is 1.86 bits per heavy atom. The largest absolute Gasteiger partial charge is 0.224 e. The van der Waals surface area contributed by atoms with Crippen LogP contribution in [0.2, 0.25) is 0 Å². The molecule has 0 fully saturated rings. The molecule has 0 radical (unpaired) electrons. The first-order chi connectivity index (χ1) is 10.4. The van der Waals surface area contributed by atoms with Crippen LogP contribution in [0.4, 0.5) is 0 Å². The Hall–Kier alpha value is -1.28. The van der Waals surface area contributed by atoms with E-state index in [2.05, 4.69) is 14.8 Å². The van der Waals surface area contributed by atoms with Gasteiger partial charge in [-0.1, -0.05) is 18.2 Å². The summed E-state index contributed by atoms with van der Waals surface area (Å²) in [5, 5.41) is 0. The van der Waals surface area contributed by atoms with Crippen LogP contribution in [0.1, 0.15) is 12.1 Å². The van der Waals surface area contributed by atoms with E-state index in [9.17, 15) is 8.42 Å². The minimum atomic E-state index is -3.19. The van der Waals surface area contributed by atoms with Crippen LogP contribution in [0.15, 0.2) is 35.2 Å². The summed E-state index contributed by atoms with van der Waals surface area (Å²) in [6, 6.07) is 6.74. The van der Waals surface area contributed by atoms with Crippen molar-refractivity contribution < 1.29 is 8.42 Å². The molecule has 1 aromatic carbocycles. The van der Waals surface area contributed by atoms with Gasteiger partial charge in [0.2, 0.25) is 0 Å². The van der Waals surface area contributed by atoms with Gasteiger partial charge in [0, 0.05) is 24.9 Å². The highest BCUT2D eigenvalue weighted by atomic mass is 35.5. The Labute approximate surface area is 138 Å². The fourth-order valence-corrected chi connectivity index (χ4v) is 3.69. The van der Waals surface area contributed by atoms with Crippen molar-refractivity contribution in [2.24, 2.45) is 0 Å². The Morgan fingerprint density at radius 1 is 1.18 bits per heavy atom. The zero-order valence-electron chi connectivity index (χ0n) is 11.9. The molecule has 3 rings (SSSR count). The van der Waals surface area contributed by atoms with Gasteiger partial charge in [-0.25, -0.2) is 12.8 Å². The van der Waals surface area contributed by atoms with Crippen LogP contribution in [-0.2, 0) is 9.84 Å². The van der Waals surface area contributed by atoms with Crippen LogP contribution >= 0.6 is 23.5 Å². The normalized spacial score (nSPS) is 16.5. The molecule has 2 aromatic rings. The summed E-state index contributed by atoms with van der Waals surface area (Å²) in [7, 11) is -3.19. The van der Waals surface area contributed by atoms with Gasteiger partial charge in [-0.3, -0.25) is 0 Å². The SMILES string of the molecule is CS(=O)(=O)c1ccc(-c2nsnc2C2=CCN(Cl)CC2)cc1. The molecule has 0 amide bonds. The first-order valence-corrected chi connectivity index (χ1v) is 9.64. The number of benzene rings is 1. The van der Waals surface area contributed by atoms with Crippen LogP contribution in [0.5, 0.6) is 0 Å². The van der Waals surface area contributed by atoms with Crippen molar-refractivity contribution >= 4 is 38.9 Å². The summed E-state index contributed by atoms with van der Waals surface area (Å²) in [6.07, 6.45) is 4.08. The Balaban J connectivity index is 1.95. The average molecular weight is 356 g/mol. The van der Waals surface area contributed by atoms with Gasteiger partial charge in [-0.2, -0.15) is 8.75 Å². The van der Waals surface area contributed by atoms with Gasteiger partial charge in [0.25, 0.3) is 0 Å². The zero-order valence-corrected chi connectivity index (χ0v) is 14.2. The molecule has 0 aliphatic carbocycles. The van der Waals surface area contributed by atoms with Crippen LogP contribution < -0.4 is 0 Å². The molecule has 116 valence electrons. The standard InChI is InChI=1S/C14H14ClN3O2S2/c1-22(19,20)12-4-2-10(3-5-12)13-14(17-21-16-13)11-6-8-18(15)9-7-11/h2-6H,7-9H2,1H3. The molecule has 0 bridgehead atoms. The Bertz CT molecular complexity index is 813. The van der Waals surface area contributed by atoms with E-state index in [1.165, 1.54) is 6.26 Å². The predicted molar refractivity (Wildman–Crippen MR) is 88.5 cm³/mol. The molecule has 0 spiro atoms. The van der Waals surface area contributed by atoms with E-state index >= 15 is 0 Å². The smallest absolute Gasteiger partial charge is 0.175 e. The molecule has 0 N–H and O–H groups in total. The van der Waals surface area contributed by atoms with Gasteiger partial charge in [0.1, 0.15) is 11.4 Å². The maximum atomic E-state index is 11.5. The quantitative estimate of drug-likeness (QED) is 0.792. The highest BCUT2D eigenvalue weighted by Gasteiger charge is 2.18. The predicted octanol–water partition coefficient (Wildman–Crippen LogP) is 2.85. The lowest BCUT2D eigenvalue weighted by Gasteiger charge is -2.18. The van der Waals surface area contributed by atoms with Crippen LogP contribution in [-0.4, -0.2) is 40.9 Å². The average Bonchev–Trinajstić information content (AvgIpc) is 2.97. The monoisotopic (exact) mass is 355 g/mol. The van der Waals surface area contributed by atoms with Gasteiger partial charge < -0.3 is 0 Å². The van der Waals surface area contributed by atoms with Gasteiger partial charge in [-0.05, 0) is 35.9 Å². The van der Waals surface area contributed by atoms with E-state index in [1.54, 1.807) is 28.7 Å². The molecule has 5 nitrogen and oxygen atoms in total. The lowest BCUT2D eigenvalue weighted by atomic mass is 10.0. The minimum Gasteiger partial charge on any atom is -0.224 e. The fraction of sp³-hybridized carbons (Fsp3) is 0.286.